The molecule has 0 radical (unpaired) electrons. The number of hydrogen-bond donors (Lipinski definition) is 1. The number of piperidine rings is 1. The van der Waals surface area contributed by atoms with E-state index in [1.165, 1.54) is 45.2 Å². The molecule has 1 saturated carbocycles. The van der Waals surface area contributed by atoms with Gasteiger partial charge in [0.2, 0.25) is 11.8 Å². The molecule has 1 aromatic carbocycles. The number of aromatic nitrogens is 2. The average Bonchev–Trinajstić information content (AvgIpc) is 3.70. The maximum atomic E-state index is 12.9. The number of likely N-dealkylation sites (tertiary alicyclic amines) is 1. The molecule has 1 aromatic heterocycles. The highest BCUT2D eigenvalue weighted by molar-refractivity contribution is 5.78. The Bertz CT molecular complexity index is 939. The van der Waals surface area contributed by atoms with Crippen molar-refractivity contribution in [2.45, 2.75) is 57.8 Å². The molecule has 2 aromatic rings. The third-order valence-electron chi connectivity index (χ3n) is 7.26. The van der Waals surface area contributed by atoms with Gasteiger partial charge in [0, 0.05) is 30.1 Å². The van der Waals surface area contributed by atoms with E-state index in [-0.39, 0.29) is 11.8 Å². The Labute approximate surface area is 197 Å². The zero-order valence-corrected chi connectivity index (χ0v) is 19.6. The predicted molar refractivity (Wildman–Crippen MR) is 129 cm³/mol. The van der Waals surface area contributed by atoms with Gasteiger partial charge in [-0.15, -0.1) is 0 Å². The third kappa shape index (κ3) is 5.91. The summed E-state index contributed by atoms with van der Waals surface area (Å²) in [5, 5.41) is 3.21. The zero-order chi connectivity index (χ0) is 22.5. The van der Waals surface area contributed by atoms with E-state index in [0.29, 0.717) is 5.92 Å². The summed E-state index contributed by atoms with van der Waals surface area (Å²) in [6.45, 7) is 4.78. The van der Waals surface area contributed by atoms with Gasteiger partial charge in [0.15, 0.2) is 5.82 Å². The summed E-state index contributed by atoms with van der Waals surface area (Å²) in [5.41, 5.74) is 3.17. The van der Waals surface area contributed by atoms with Crippen molar-refractivity contribution in [3.05, 3.63) is 41.6 Å². The molecule has 176 valence electrons. The van der Waals surface area contributed by atoms with E-state index >= 15 is 0 Å². The number of amides is 1. The summed E-state index contributed by atoms with van der Waals surface area (Å²) < 4.78 is 6.22. The van der Waals surface area contributed by atoms with Crippen LogP contribution in [0.3, 0.4) is 0 Å². The van der Waals surface area contributed by atoms with E-state index in [1.807, 2.05) is 30.3 Å². The summed E-state index contributed by atoms with van der Waals surface area (Å²) >= 11 is 0. The second-order valence-corrected chi connectivity index (χ2v) is 9.87. The molecule has 6 heteroatoms. The highest BCUT2D eigenvalue weighted by Crippen LogP contribution is 2.34. The Morgan fingerprint density at radius 1 is 1.00 bits per heavy atom. The van der Waals surface area contributed by atoms with Crippen LogP contribution >= 0.6 is 0 Å². The van der Waals surface area contributed by atoms with E-state index in [0.717, 1.165) is 73.9 Å². The van der Waals surface area contributed by atoms with Gasteiger partial charge >= 0.3 is 0 Å². The Morgan fingerprint density at radius 2 is 1.79 bits per heavy atom. The predicted octanol–water partition coefficient (Wildman–Crippen LogP) is 4.03. The summed E-state index contributed by atoms with van der Waals surface area (Å²) in [5.74, 6) is 2.34. The van der Waals surface area contributed by atoms with Crippen LogP contribution in [-0.2, 0) is 17.6 Å². The van der Waals surface area contributed by atoms with E-state index in [1.54, 1.807) is 0 Å². The fourth-order valence-corrected chi connectivity index (χ4v) is 4.98. The molecule has 1 aliphatic heterocycles. The molecule has 0 bridgehead atoms. The van der Waals surface area contributed by atoms with Gasteiger partial charge in [0.25, 0.3) is 0 Å². The van der Waals surface area contributed by atoms with Crippen molar-refractivity contribution >= 4 is 5.91 Å². The number of aryl methyl sites for hydroxylation is 1. The van der Waals surface area contributed by atoms with Gasteiger partial charge in [-0.25, -0.2) is 4.98 Å². The van der Waals surface area contributed by atoms with E-state index < -0.39 is 0 Å². The van der Waals surface area contributed by atoms with Gasteiger partial charge in [-0.3, -0.25) is 4.79 Å². The van der Waals surface area contributed by atoms with Crippen LogP contribution in [0.5, 0.6) is 5.88 Å². The van der Waals surface area contributed by atoms with Crippen molar-refractivity contribution in [1.29, 1.82) is 0 Å². The second kappa shape index (κ2) is 10.6. The largest absolute Gasteiger partial charge is 0.477 e. The van der Waals surface area contributed by atoms with Crippen molar-refractivity contribution in [2.75, 3.05) is 32.8 Å². The van der Waals surface area contributed by atoms with Crippen molar-refractivity contribution in [3.8, 4) is 17.3 Å². The minimum Gasteiger partial charge on any atom is -0.477 e. The van der Waals surface area contributed by atoms with Crippen LogP contribution in [0.2, 0.25) is 0 Å². The molecular formula is C27H36N4O2. The number of hydrogen-bond acceptors (Lipinski definition) is 5. The van der Waals surface area contributed by atoms with Crippen LogP contribution in [-0.4, -0.2) is 53.6 Å². The molecular weight excluding hydrogens is 412 g/mol. The topological polar surface area (TPSA) is 67.4 Å². The maximum Gasteiger partial charge on any atom is 0.223 e. The van der Waals surface area contributed by atoms with E-state index in [2.05, 4.69) is 10.2 Å². The number of ether oxygens (including phenoxy) is 1. The number of nitrogens with one attached hydrogen (secondary N) is 1. The molecule has 1 unspecified atom stereocenters. The number of fused-ring (bicyclic) bond motifs is 1. The average molecular weight is 449 g/mol. The monoisotopic (exact) mass is 448 g/mol. The highest BCUT2D eigenvalue weighted by atomic mass is 16.5. The van der Waals surface area contributed by atoms with Crippen LogP contribution in [0.15, 0.2) is 30.3 Å². The highest BCUT2D eigenvalue weighted by Gasteiger charge is 2.28. The standard InChI is InChI=1S/C27H36N4O2/c32-26(28-15-18-31-16-5-2-6-17-31)22-11-13-23-24(14-12-22)29-25(21-7-3-1-4-8-21)30-27(23)33-19-20-9-10-20/h1,3-4,7-8,20,22H,2,5-6,9-19H2,(H,28,32). The SMILES string of the molecule is O=C(NCCN1CCCCC1)C1CCc2nc(-c3ccccc3)nc(OCC3CC3)c2CC1. The molecule has 33 heavy (non-hydrogen) atoms. The minimum atomic E-state index is 0.0250. The van der Waals surface area contributed by atoms with Crippen molar-refractivity contribution in [2.24, 2.45) is 11.8 Å². The van der Waals surface area contributed by atoms with Crippen LogP contribution in [0.4, 0.5) is 0 Å². The molecule has 1 amide bonds. The number of nitrogens with zero attached hydrogens (tertiary/aromatic N) is 3. The summed E-state index contributed by atoms with van der Waals surface area (Å²) in [7, 11) is 0. The second-order valence-electron chi connectivity index (χ2n) is 9.87. The first-order chi connectivity index (χ1) is 16.3. The van der Waals surface area contributed by atoms with Crippen molar-refractivity contribution in [1.82, 2.24) is 20.2 Å². The fourth-order valence-electron chi connectivity index (χ4n) is 4.98. The smallest absolute Gasteiger partial charge is 0.223 e. The molecule has 1 saturated heterocycles. The Morgan fingerprint density at radius 3 is 2.58 bits per heavy atom. The quantitative estimate of drug-likeness (QED) is 0.618. The number of rotatable bonds is 8. The number of carbonyl (C=O) groups is 1. The molecule has 2 heterocycles. The van der Waals surface area contributed by atoms with Gasteiger partial charge < -0.3 is 15.0 Å². The van der Waals surface area contributed by atoms with Crippen LogP contribution in [0, 0.1) is 11.8 Å². The van der Waals surface area contributed by atoms with E-state index in [9.17, 15) is 4.79 Å². The Balaban J connectivity index is 1.25. The molecule has 0 spiro atoms. The lowest BCUT2D eigenvalue weighted by Crippen LogP contribution is -2.39. The number of benzene rings is 1. The summed E-state index contributed by atoms with van der Waals surface area (Å²) in [4.78, 5) is 25.2. The van der Waals surface area contributed by atoms with Crippen LogP contribution < -0.4 is 10.1 Å². The van der Waals surface area contributed by atoms with Gasteiger partial charge in [0.1, 0.15) is 0 Å². The summed E-state index contributed by atoms with van der Waals surface area (Å²) in [6, 6.07) is 10.1. The van der Waals surface area contributed by atoms with Gasteiger partial charge in [-0.2, -0.15) is 4.98 Å². The fraction of sp³-hybridized carbons (Fsp3) is 0.593. The molecule has 1 N–H and O–H groups in total. The maximum absolute atomic E-state index is 12.9. The lowest BCUT2D eigenvalue weighted by molar-refractivity contribution is -0.125. The molecule has 2 fully saturated rings. The first kappa shape index (κ1) is 22.3. The van der Waals surface area contributed by atoms with Gasteiger partial charge in [-0.1, -0.05) is 36.8 Å². The summed E-state index contributed by atoms with van der Waals surface area (Å²) in [6.07, 6.45) is 9.66. The third-order valence-corrected chi connectivity index (χ3v) is 7.26. The normalized spacial score (nSPS) is 21.2. The first-order valence-corrected chi connectivity index (χ1v) is 12.8. The number of carbonyl (C=O) groups excluding carboxylic acids is 1. The molecule has 6 nitrogen and oxygen atoms in total. The van der Waals surface area contributed by atoms with Gasteiger partial charge in [-0.05, 0) is 70.4 Å². The van der Waals surface area contributed by atoms with Crippen molar-refractivity contribution in [3.63, 3.8) is 0 Å². The Hall–Kier alpha value is -2.47. The van der Waals surface area contributed by atoms with E-state index in [4.69, 9.17) is 14.7 Å². The van der Waals surface area contributed by atoms with Crippen LogP contribution in [0.1, 0.15) is 56.2 Å². The Kier molecular flexibility index (Phi) is 7.20. The molecule has 1 atom stereocenters. The van der Waals surface area contributed by atoms with Crippen molar-refractivity contribution < 1.29 is 9.53 Å². The molecule has 5 rings (SSSR count). The molecule has 2 aliphatic carbocycles. The lowest BCUT2D eigenvalue weighted by atomic mass is 9.99. The zero-order valence-electron chi connectivity index (χ0n) is 19.6. The first-order valence-electron chi connectivity index (χ1n) is 12.8. The van der Waals surface area contributed by atoms with Gasteiger partial charge in [0.05, 0.1) is 12.3 Å². The van der Waals surface area contributed by atoms with Crippen LogP contribution in [0.25, 0.3) is 11.4 Å². The molecule has 3 aliphatic rings. The lowest BCUT2D eigenvalue weighted by Gasteiger charge is -2.26. The minimum absolute atomic E-state index is 0.0250.